The lowest BCUT2D eigenvalue weighted by molar-refractivity contribution is -0.141. The van der Waals surface area contributed by atoms with E-state index in [9.17, 15) is 9.59 Å². The second-order valence-corrected chi connectivity index (χ2v) is 9.75. The molecule has 0 spiro atoms. The molecular weight excluding hydrogens is 532 g/mol. The zero-order chi connectivity index (χ0) is 26.6. The van der Waals surface area contributed by atoms with Gasteiger partial charge >= 0.3 is 0 Å². The van der Waals surface area contributed by atoms with Crippen molar-refractivity contribution in [2.75, 3.05) is 20.8 Å². The lowest BCUT2D eigenvalue weighted by atomic mass is 10.0. The average molecular weight is 568 g/mol. The van der Waals surface area contributed by atoms with Gasteiger partial charge in [-0.15, -0.1) is 0 Å². The third-order valence-corrected chi connectivity index (χ3v) is 6.69. The van der Waals surface area contributed by atoms with Gasteiger partial charge in [-0.1, -0.05) is 71.4 Å². The average Bonchev–Trinajstić information content (AvgIpc) is 2.93. The first-order valence-corrected chi connectivity index (χ1v) is 13.3. The number of ether oxygens (including phenoxy) is 2. The van der Waals surface area contributed by atoms with Crippen molar-refractivity contribution in [1.82, 2.24) is 10.2 Å². The molecule has 6 nitrogen and oxygen atoms in total. The minimum absolute atomic E-state index is 0.0784. The molecule has 7 heteroatoms. The van der Waals surface area contributed by atoms with Gasteiger partial charge in [-0.05, 0) is 53.8 Å². The number of halogens is 1. The normalized spacial score (nSPS) is 11.5. The van der Waals surface area contributed by atoms with E-state index in [1.54, 1.807) is 19.1 Å². The summed E-state index contributed by atoms with van der Waals surface area (Å²) in [5, 5.41) is 3.01. The predicted molar refractivity (Wildman–Crippen MR) is 150 cm³/mol. The molecule has 0 saturated carbocycles. The van der Waals surface area contributed by atoms with Gasteiger partial charge in [-0.25, -0.2) is 0 Å². The number of nitrogens with zero attached hydrogens (tertiary/aromatic N) is 1. The molecular formula is C30H35BrN2O4. The number of nitrogens with one attached hydrogen (secondary N) is 1. The first-order chi connectivity index (χ1) is 17.9. The van der Waals surface area contributed by atoms with Crippen LogP contribution in [0.3, 0.4) is 0 Å². The number of rotatable bonds is 13. The van der Waals surface area contributed by atoms with Gasteiger partial charge < -0.3 is 19.7 Å². The van der Waals surface area contributed by atoms with Crippen LogP contribution >= 0.6 is 15.9 Å². The molecule has 0 bridgehead atoms. The molecule has 3 rings (SSSR count). The number of aryl methyl sites for hydroxylation is 1. The summed E-state index contributed by atoms with van der Waals surface area (Å²) in [7, 11) is 3.19. The molecule has 0 aliphatic heterocycles. The highest BCUT2D eigenvalue weighted by Crippen LogP contribution is 2.28. The molecule has 37 heavy (non-hydrogen) atoms. The zero-order valence-corrected chi connectivity index (χ0v) is 23.3. The van der Waals surface area contributed by atoms with Crippen LogP contribution in [-0.2, 0) is 29.0 Å². The van der Waals surface area contributed by atoms with Crippen molar-refractivity contribution in [3.05, 3.63) is 94.0 Å². The minimum atomic E-state index is -0.629. The van der Waals surface area contributed by atoms with Gasteiger partial charge in [-0.2, -0.15) is 0 Å². The summed E-state index contributed by atoms with van der Waals surface area (Å²) < 4.78 is 11.7. The summed E-state index contributed by atoms with van der Waals surface area (Å²) in [5.41, 5.74) is 2.93. The van der Waals surface area contributed by atoms with Crippen LogP contribution in [0.15, 0.2) is 77.3 Å². The number of hydrogen-bond acceptors (Lipinski definition) is 4. The van der Waals surface area contributed by atoms with Gasteiger partial charge in [0.2, 0.25) is 11.8 Å². The zero-order valence-electron chi connectivity index (χ0n) is 21.7. The maximum absolute atomic E-state index is 13.8. The monoisotopic (exact) mass is 566 g/mol. The first kappa shape index (κ1) is 28.3. The minimum Gasteiger partial charge on any atom is -0.493 e. The summed E-state index contributed by atoms with van der Waals surface area (Å²) in [4.78, 5) is 28.9. The highest BCUT2D eigenvalue weighted by Gasteiger charge is 2.30. The number of hydrogen-bond donors (Lipinski definition) is 1. The van der Waals surface area contributed by atoms with Gasteiger partial charge in [0.25, 0.3) is 0 Å². The Hall–Kier alpha value is -3.32. The molecule has 1 N–H and O–H groups in total. The third-order valence-electron chi connectivity index (χ3n) is 6.16. The van der Waals surface area contributed by atoms with Crippen LogP contribution in [0.1, 0.15) is 36.5 Å². The van der Waals surface area contributed by atoms with Gasteiger partial charge in [0, 0.05) is 30.4 Å². The Bertz CT molecular complexity index is 1150. The molecule has 0 fully saturated rings. The van der Waals surface area contributed by atoms with E-state index in [1.165, 1.54) is 0 Å². The fourth-order valence-electron chi connectivity index (χ4n) is 4.14. The number of carbonyl (C=O) groups is 2. The quantitative estimate of drug-likeness (QED) is 0.294. The van der Waals surface area contributed by atoms with Crippen LogP contribution in [0.2, 0.25) is 0 Å². The van der Waals surface area contributed by atoms with Crippen molar-refractivity contribution in [3.8, 4) is 11.5 Å². The molecule has 0 aliphatic rings. The van der Waals surface area contributed by atoms with Crippen molar-refractivity contribution in [2.24, 2.45) is 0 Å². The lowest BCUT2D eigenvalue weighted by Crippen LogP contribution is -2.50. The van der Waals surface area contributed by atoms with Crippen LogP contribution in [-0.4, -0.2) is 43.5 Å². The van der Waals surface area contributed by atoms with Crippen molar-refractivity contribution < 1.29 is 19.1 Å². The smallest absolute Gasteiger partial charge is 0.243 e. The standard InChI is InChI=1S/C30H35BrN2O4/c1-4-18-32-30(35)26(19-22-8-6-5-7-9-22)33(21-24-10-14-25(31)15-11-24)29(34)17-13-23-12-16-27(36-2)28(20-23)37-3/h5-12,14-16,20,26H,4,13,17-19,21H2,1-3H3,(H,32,35)/t26-/m0/s1. The summed E-state index contributed by atoms with van der Waals surface area (Å²) in [6.07, 6.45) is 2.04. The second-order valence-electron chi connectivity index (χ2n) is 8.83. The maximum atomic E-state index is 13.8. The van der Waals surface area contributed by atoms with Crippen molar-refractivity contribution in [3.63, 3.8) is 0 Å². The topological polar surface area (TPSA) is 67.9 Å². The van der Waals surface area contributed by atoms with Gasteiger partial charge in [0.05, 0.1) is 14.2 Å². The largest absolute Gasteiger partial charge is 0.493 e. The maximum Gasteiger partial charge on any atom is 0.243 e. The highest BCUT2D eigenvalue weighted by molar-refractivity contribution is 9.10. The number of carbonyl (C=O) groups excluding carboxylic acids is 2. The van der Waals surface area contributed by atoms with E-state index in [-0.39, 0.29) is 18.2 Å². The van der Waals surface area contributed by atoms with E-state index >= 15 is 0 Å². The fraction of sp³-hybridized carbons (Fsp3) is 0.333. The Kier molecular flexibility index (Phi) is 11.0. The van der Waals surface area contributed by atoms with Crippen LogP contribution in [0.4, 0.5) is 0 Å². The number of amides is 2. The predicted octanol–water partition coefficient (Wildman–Crippen LogP) is 5.57. The van der Waals surface area contributed by atoms with Crippen LogP contribution in [0.25, 0.3) is 0 Å². The molecule has 3 aromatic carbocycles. The van der Waals surface area contributed by atoms with Crippen LogP contribution in [0, 0.1) is 0 Å². The van der Waals surface area contributed by atoms with Crippen molar-refractivity contribution in [2.45, 2.75) is 45.2 Å². The summed E-state index contributed by atoms with van der Waals surface area (Å²) in [6, 6.07) is 22.7. The Balaban J connectivity index is 1.88. The Labute approximate surface area is 228 Å². The highest BCUT2D eigenvalue weighted by atomic mass is 79.9. The van der Waals surface area contributed by atoms with E-state index in [1.807, 2.05) is 79.7 Å². The Morgan fingerprint density at radius 3 is 2.22 bits per heavy atom. The molecule has 0 aliphatic carbocycles. The van der Waals surface area contributed by atoms with E-state index in [0.717, 1.165) is 27.6 Å². The van der Waals surface area contributed by atoms with Gasteiger partial charge in [0.15, 0.2) is 11.5 Å². The molecule has 0 radical (unpaired) electrons. The van der Waals surface area contributed by atoms with E-state index in [0.29, 0.717) is 37.4 Å². The first-order valence-electron chi connectivity index (χ1n) is 12.5. The van der Waals surface area contributed by atoms with Crippen LogP contribution < -0.4 is 14.8 Å². The Morgan fingerprint density at radius 2 is 1.57 bits per heavy atom. The molecule has 0 saturated heterocycles. The molecule has 2 amide bonds. The molecule has 1 atom stereocenters. The molecule has 196 valence electrons. The Morgan fingerprint density at radius 1 is 0.892 bits per heavy atom. The van der Waals surface area contributed by atoms with E-state index < -0.39 is 6.04 Å². The lowest BCUT2D eigenvalue weighted by Gasteiger charge is -2.31. The van der Waals surface area contributed by atoms with Gasteiger partial charge in [0.1, 0.15) is 6.04 Å². The molecule has 0 aromatic heterocycles. The number of benzene rings is 3. The molecule has 0 unspecified atom stereocenters. The van der Waals surface area contributed by atoms with Crippen molar-refractivity contribution >= 4 is 27.7 Å². The van der Waals surface area contributed by atoms with E-state index in [4.69, 9.17) is 9.47 Å². The SMILES string of the molecule is CCCNC(=O)[C@H](Cc1ccccc1)N(Cc1ccc(Br)cc1)C(=O)CCc1ccc(OC)c(OC)c1. The second kappa shape index (κ2) is 14.4. The van der Waals surface area contributed by atoms with Crippen LogP contribution in [0.5, 0.6) is 11.5 Å². The summed E-state index contributed by atoms with van der Waals surface area (Å²) >= 11 is 3.47. The summed E-state index contributed by atoms with van der Waals surface area (Å²) in [6.45, 7) is 2.92. The fourth-order valence-corrected chi connectivity index (χ4v) is 4.40. The van der Waals surface area contributed by atoms with Gasteiger partial charge in [-0.3, -0.25) is 9.59 Å². The van der Waals surface area contributed by atoms with E-state index in [2.05, 4.69) is 21.2 Å². The summed E-state index contributed by atoms with van der Waals surface area (Å²) in [5.74, 6) is 1.05. The molecule has 3 aromatic rings. The molecule has 0 heterocycles. The van der Waals surface area contributed by atoms with Crippen molar-refractivity contribution in [1.29, 1.82) is 0 Å². The number of methoxy groups -OCH3 is 2. The third kappa shape index (κ3) is 8.35.